The maximum absolute atomic E-state index is 6.33. The molecule has 1 atom stereocenters. The van der Waals surface area contributed by atoms with Crippen molar-refractivity contribution < 1.29 is 4.74 Å². The van der Waals surface area contributed by atoms with Gasteiger partial charge in [-0.3, -0.25) is 0 Å². The molecule has 1 aliphatic carbocycles. The summed E-state index contributed by atoms with van der Waals surface area (Å²) >= 11 is 3.65. The average Bonchev–Trinajstić information content (AvgIpc) is 2.91. The van der Waals surface area contributed by atoms with E-state index in [2.05, 4.69) is 52.4 Å². The lowest BCUT2D eigenvalue weighted by atomic mass is 10.1. The van der Waals surface area contributed by atoms with Gasteiger partial charge in [0.1, 0.15) is 0 Å². The van der Waals surface area contributed by atoms with Crippen LogP contribution in [-0.2, 0) is 4.74 Å². The lowest BCUT2D eigenvalue weighted by Gasteiger charge is -2.24. The number of halogens is 1. The second-order valence-electron chi connectivity index (χ2n) is 5.26. The molecule has 1 unspecified atom stereocenters. The molecular formula is C16H24BrNO. The molecule has 1 aromatic carbocycles. The second-order valence-corrected chi connectivity index (χ2v) is 6.11. The largest absolute Gasteiger partial charge is 0.369 e. The van der Waals surface area contributed by atoms with Gasteiger partial charge in [-0.25, -0.2) is 0 Å². The van der Waals surface area contributed by atoms with E-state index in [4.69, 9.17) is 4.74 Å². The van der Waals surface area contributed by atoms with Crippen LogP contribution < -0.4 is 5.32 Å². The fourth-order valence-electron chi connectivity index (χ4n) is 2.63. The summed E-state index contributed by atoms with van der Waals surface area (Å²) in [6.45, 7) is 4.14. The smallest absolute Gasteiger partial charge is 0.0963 e. The van der Waals surface area contributed by atoms with Crippen molar-refractivity contribution >= 4 is 15.9 Å². The van der Waals surface area contributed by atoms with Crippen LogP contribution in [0.3, 0.4) is 0 Å². The Hall–Kier alpha value is -0.380. The summed E-state index contributed by atoms with van der Waals surface area (Å²) in [6.07, 6.45) is 6.83. The van der Waals surface area contributed by atoms with Crippen LogP contribution in [0, 0.1) is 0 Å². The molecule has 3 heteroatoms. The molecule has 1 aromatic rings. The minimum absolute atomic E-state index is 0.158. The molecule has 0 spiro atoms. The summed E-state index contributed by atoms with van der Waals surface area (Å²) in [5, 5.41) is 3.49. The first-order valence-corrected chi connectivity index (χ1v) is 8.21. The van der Waals surface area contributed by atoms with Crippen molar-refractivity contribution in [3.63, 3.8) is 0 Å². The van der Waals surface area contributed by atoms with Gasteiger partial charge in [-0.2, -0.15) is 0 Å². The first-order valence-electron chi connectivity index (χ1n) is 7.42. The van der Waals surface area contributed by atoms with Crippen molar-refractivity contribution in [1.82, 2.24) is 5.32 Å². The van der Waals surface area contributed by atoms with E-state index in [1.807, 2.05) is 0 Å². The maximum atomic E-state index is 6.33. The first-order chi connectivity index (χ1) is 9.31. The van der Waals surface area contributed by atoms with Gasteiger partial charge < -0.3 is 10.1 Å². The number of ether oxygens (including phenoxy) is 1. The molecular weight excluding hydrogens is 302 g/mol. The predicted octanol–water partition coefficient (Wildman–Crippen LogP) is 4.45. The van der Waals surface area contributed by atoms with Crippen LogP contribution in [0.2, 0.25) is 0 Å². The Bertz CT molecular complexity index is 377. The monoisotopic (exact) mass is 325 g/mol. The Morgan fingerprint density at radius 3 is 2.74 bits per heavy atom. The van der Waals surface area contributed by atoms with E-state index < -0.39 is 0 Å². The van der Waals surface area contributed by atoms with E-state index in [9.17, 15) is 0 Å². The first kappa shape index (κ1) is 15.0. The Morgan fingerprint density at radius 1 is 1.32 bits per heavy atom. The van der Waals surface area contributed by atoms with Gasteiger partial charge in [0.2, 0.25) is 0 Å². The Balaban J connectivity index is 2.02. The highest BCUT2D eigenvalue weighted by atomic mass is 79.9. The van der Waals surface area contributed by atoms with Crippen molar-refractivity contribution in [2.45, 2.75) is 51.2 Å². The van der Waals surface area contributed by atoms with Gasteiger partial charge in [-0.15, -0.1) is 0 Å². The van der Waals surface area contributed by atoms with Gasteiger partial charge in [0.25, 0.3) is 0 Å². The zero-order valence-corrected chi connectivity index (χ0v) is 13.3. The Morgan fingerprint density at radius 2 is 2.05 bits per heavy atom. The Kier molecular flexibility index (Phi) is 6.35. The summed E-state index contributed by atoms with van der Waals surface area (Å²) in [5.41, 5.74) is 1.26. The van der Waals surface area contributed by atoms with Crippen LogP contribution in [0.4, 0.5) is 0 Å². The maximum Gasteiger partial charge on any atom is 0.0963 e. The summed E-state index contributed by atoms with van der Waals surface area (Å²) in [5.74, 6) is 0. The molecule has 0 aliphatic heterocycles. The van der Waals surface area contributed by atoms with E-state index in [-0.39, 0.29) is 6.10 Å². The molecule has 0 bridgehead atoms. The standard InChI is InChI=1S/C16H24BrNO/c1-2-11-18-12-16(19-13-7-3-4-8-13)14-9-5-6-10-15(14)17/h5-6,9-10,13,16,18H,2-4,7-8,11-12H2,1H3. The van der Waals surface area contributed by atoms with Crippen molar-refractivity contribution in [3.05, 3.63) is 34.3 Å². The summed E-state index contributed by atoms with van der Waals surface area (Å²) in [4.78, 5) is 0. The molecule has 0 amide bonds. The molecule has 1 aliphatic rings. The lowest BCUT2D eigenvalue weighted by Crippen LogP contribution is -2.26. The fraction of sp³-hybridized carbons (Fsp3) is 0.625. The molecule has 1 saturated carbocycles. The fourth-order valence-corrected chi connectivity index (χ4v) is 3.17. The zero-order chi connectivity index (χ0) is 13.5. The Labute approximate surface area is 125 Å². The number of rotatable bonds is 7. The van der Waals surface area contributed by atoms with E-state index in [0.29, 0.717) is 6.10 Å². The minimum atomic E-state index is 0.158. The van der Waals surface area contributed by atoms with Gasteiger partial charge in [0.15, 0.2) is 0 Å². The zero-order valence-electron chi connectivity index (χ0n) is 11.7. The molecule has 0 aromatic heterocycles. The van der Waals surface area contributed by atoms with Gasteiger partial charge in [0.05, 0.1) is 12.2 Å². The predicted molar refractivity (Wildman–Crippen MR) is 83.4 cm³/mol. The SMILES string of the molecule is CCCNCC(OC1CCCC1)c1ccccc1Br. The van der Waals surface area contributed by atoms with Crippen molar-refractivity contribution in [1.29, 1.82) is 0 Å². The molecule has 0 saturated heterocycles. The highest BCUT2D eigenvalue weighted by Gasteiger charge is 2.22. The molecule has 2 nitrogen and oxygen atoms in total. The number of hydrogen-bond donors (Lipinski definition) is 1. The van der Waals surface area contributed by atoms with E-state index in [1.165, 1.54) is 31.2 Å². The number of hydrogen-bond acceptors (Lipinski definition) is 2. The highest BCUT2D eigenvalue weighted by molar-refractivity contribution is 9.10. The van der Waals surface area contributed by atoms with Crippen LogP contribution in [0.1, 0.15) is 50.7 Å². The second kappa shape index (κ2) is 8.03. The molecule has 2 rings (SSSR count). The molecule has 1 N–H and O–H groups in total. The summed E-state index contributed by atoms with van der Waals surface area (Å²) in [7, 11) is 0. The number of benzene rings is 1. The van der Waals surface area contributed by atoms with Crippen LogP contribution >= 0.6 is 15.9 Å². The van der Waals surface area contributed by atoms with E-state index in [1.54, 1.807) is 0 Å². The normalized spacial score (nSPS) is 17.8. The molecule has 19 heavy (non-hydrogen) atoms. The third kappa shape index (κ3) is 4.59. The topological polar surface area (TPSA) is 21.3 Å². The van der Waals surface area contributed by atoms with Crippen LogP contribution in [0.15, 0.2) is 28.7 Å². The van der Waals surface area contributed by atoms with Crippen molar-refractivity contribution in [3.8, 4) is 0 Å². The van der Waals surface area contributed by atoms with Crippen LogP contribution in [0.25, 0.3) is 0 Å². The molecule has 106 valence electrons. The minimum Gasteiger partial charge on any atom is -0.369 e. The summed E-state index contributed by atoms with van der Waals surface area (Å²) < 4.78 is 7.48. The quantitative estimate of drug-likeness (QED) is 0.748. The third-order valence-electron chi connectivity index (χ3n) is 3.67. The van der Waals surface area contributed by atoms with Gasteiger partial charge >= 0.3 is 0 Å². The van der Waals surface area contributed by atoms with Gasteiger partial charge in [-0.05, 0) is 37.4 Å². The van der Waals surface area contributed by atoms with Gasteiger partial charge in [0, 0.05) is 11.0 Å². The highest BCUT2D eigenvalue weighted by Crippen LogP contribution is 2.31. The van der Waals surface area contributed by atoms with Crippen LogP contribution in [-0.4, -0.2) is 19.2 Å². The third-order valence-corrected chi connectivity index (χ3v) is 4.39. The van der Waals surface area contributed by atoms with Gasteiger partial charge in [-0.1, -0.05) is 53.9 Å². The molecule has 0 radical (unpaired) electrons. The number of nitrogens with one attached hydrogen (secondary N) is 1. The lowest BCUT2D eigenvalue weighted by molar-refractivity contribution is -0.00900. The van der Waals surface area contributed by atoms with Crippen LogP contribution in [0.5, 0.6) is 0 Å². The van der Waals surface area contributed by atoms with Crippen molar-refractivity contribution in [2.24, 2.45) is 0 Å². The van der Waals surface area contributed by atoms with E-state index in [0.717, 1.165) is 24.0 Å². The average molecular weight is 326 g/mol. The summed E-state index contributed by atoms with van der Waals surface area (Å²) in [6, 6.07) is 8.40. The van der Waals surface area contributed by atoms with E-state index >= 15 is 0 Å². The molecule has 0 heterocycles. The van der Waals surface area contributed by atoms with Crippen molar-refractivity contribution in [2.75, 3.05) is 13.1 Å². The molecule has 1 fully saturated rings.